The Kier molecular flexibility index (Phi) is 4.41. The van der Waals surface area contributed by atoms with E-state index in [0.29, 0.717) is 5.69 Å². The first-order chi connectivity index (χ1) is 13.8. The van der Waals surface area contributed by atoms with E-state index < -0.39 is 23.7 Å². The molecule has 7 nitrogen and oxygen atoms in total. The molecule has 1 saturated heterocycles. The fourth-order valence-electron chi connectivity index (χ4n) is 3.73. The Bertz CT molecular complexity index is 1170. The quantitative estimate of drug-likeness (QED) is 0.538. The van der Waals surface area contributed by atoms with E-state index in [0.717, 1.165) is 27.1 Å². The van der Waals surface area contributed by atoms with Gasteiger partial charge in [0, 0.05) is 0 Å². The Hall–Kier alpha value is -3.55. The van der Waals surface area contributed by atoms with Crippen LogP contribution in [0.1, 0.15) is 23.6 Å². The Morgan fingerprint density at radius 2 is 1.83 bits per heavy atom. The molecule has 0 spiro atoms. The number of rotatable bonds is 4. The summed E-state index contributed by atoms with van der Waals surface area (Å²) in [7, 11) is 0. The first-order valence-corrected chi connectivity index (χ1v) is 9.18. The van der Waals surface area contributed by atoms with Crippen LogP contribution in [0, 0.1) is 19.7 Å². The van der Waals surface area contributed by atoms with Crippen LogP contribution in [0.2, 0.25) is 0 Å². The molecular weight excluding hydrogens is 375 g/mol. The maximum absolute atomic E-state index is 13.2. The minimum atomic E-state index is -0.758. The largest absolute Gasteiger partial charge is 0.366 e. The van der Waals surface area contributed by atoms with Gasteiger partial charge in [-0.2, -0.15) is 0 Å². The van der Waals surface area contributed by atoms with Crippen LogP contribution in [0.25, 0.3) is 11.0 Å². The Morgan fingerprint density at radius 3 is 2.48 bits per heavy atom. The summed E-state index contributed by atoms with van der Waals surface area (Å²) in [6, 6.07) is 8.34. The normalized spacial score (nSPS) is 16.8. The summed E-state index contributed by atoms with van der Waals surface area (Å²) in [6.45, 7) is 3.88. The number of imide groups is 1. The van der Waals surface area contributed by atoms with Crippen LogP contribution >= 0.6 is 0 Å². The molecule has 1 aliphatic rings. The van der Waals surface area contributed by atoms with Crippen molar-refractivity contribution in [1.82, 2.24) is 4.57 Å². The molecule has 2 N–H and O–H groups in total. The molecule has 0 bridgehead atoms. The van der Waals surface area contributed by atoms with Gasteiger partial charge in [0.15, 0.2) is 23.6 Å². The van der Waals surface area contributed by atoms with Gasteiger partial charge in [0.25, 0.3) is 11.8 Å². The number of amides is 3. The van der Waals surface area contributed by atoms with Gasteiger partial charge in [-0.05, 0) is 61.4 Å². The van der Waals surface area contributed by atoms with E-state index in [4.69, 9.17) is 5.73 Å². The second kappa shape index (κ2) is 6.80. The van der Waals surface area contributed by atoms with Gasteiger partial charge in [0.05, 0.1) is 12.1 Å². The van der Waals surface area contributed by atoms with Crippen molar-refractivity contribution >= 4 is 34.4 Å². The summed E-state index contributed by atoms with van der Waals surface area (Å²) in [4.78, 5) is 38.3. The van der Waals surface area contributed by atoms with Crippen molar-refractivity contribution in [3.05, 3.63) is 59.7 Å². The second-order valence-electron chi connectivity index (χ2n) is 7.31. The minimum Gasteiger partial charge on any atom is -0.366 e. The highest BCUT2D eigenvalue weighted by atomic mass is 19.1. The zero-order valence-electron chi connectivity index (χ0n) is 16.1. The zero-order chi connectivity index (χ0) is 20.9. The molecule has 0 aliphatic carbocycles. The predicted molar refractivity (Wildman–Crippen MR) is 103 cm³/mol. The Morgan fingerprint density at radius 1 is 1.17 bits per heavy atom. The van der Waals surface area contributed by atoms with Crippen LogP contribution < -0.4 is 15.2 Å². The fourth-order valence-corrected chi connectivity index (χ4v) is 3.73. The number of halogens is 1. The molecule has 1 aliphatic heterocycles. The fraction of sp³-hybridized carbons (Fsp3) is 0.238. The van der Waals surface area contributed by atoms with E-state index in [1.54, 1.807) is 15.5 Å². The number of hydrogen-bond acceptors (Lipinski definition) is 3. The SMILES string of the molecule is Cc1cc2c(cc1C)[n+](CC(N)=O)cn2[C@H]1CC(=O)N(c2ccc(F)cc2)C1=O. The number of carbonyl (C=O) groups excluding carboxylic acids is 3. The van der Waals surface area contributed by atoms with Crippen LogP contribution in [0.3, 0.4) is 0 Å². The van der Waals surface area contributed by atoms with E-state index in [1.807, 2.05) is 26.0 Å². The number of benzene rings is 2. The van der Waals surface area contributed by atoms with Gasteiger partial charge in [-0.25, -0.2) is 18.4 Å². The smallest absolute Gasteiger partial charge is 0.279 e. The van der Waals surface area contributed by atoms with Gasteiger partial charge in [0.2, 0.25) is 12.2 Å². The van der Waals surface area contributed by atoms with Crippen molar-refractivity contribution in [3.8, 4) is 0 Å². The molecule has 1 aromatic heterocycles. The molecule has 1 atom stereocenters. The minimum absolute atomic E-state index is 0.0243. The standard InChI is InChI=1S/C21H19FN4O3/c1-12-7-16-17(8-13(12)2)25(11-24(16)10-19(23)27)18-9-20(28)26(21(18)29)15-5-3-14(22)4-6-15/h3-8,11,18H,9-10H2,1-2H3,(H-,23,27)/p+1/t18-/m0/s1. The molecule has 2 aromatic carbocycles. The maximum Gasteiger partial charge on any atom is 0.279 e. The van der Waals surface area contributed by atoms with Crippen molar-refractivity contribution < 1.29 is 23.3 Å². The van der Waals surface area contributed by atoms with Gasteiger partial charge in [-0.1, -0.05) is 0 Å². The van der Waals surface area contributed by atoms with E-state index in [-0.39, 0.29) is 18.9 Å². The molecule has 3 aromatic rings. The highest BCUT2D eigenvalue weighted by Crippen LogP contribution is 2.32. The van der Waals surface area contributed by atoms with E-state index in [2.05, 4.69) is 0 Å². The lowest BCUT2D eigenvalue weighted by Gasteiger charge is -2.14. The molecule has 2 heterocycles. The van der Waals surface area contributed by atoms with Crippen LogP contribution in [0.5, 0.6) is 0 Å². The van der Waals surface area contributed by atoms with E-state index >= 15 is 0 Å². The summed E-state index contributed by atoms with van der Waals surface area (Å²) in [5, 5.41) is 0. The lowest BCUT2D eigenvalue weighted by atomic mass is 10.1. The monoisotopic (exact) mass is 395 g/mol. The third-order valence-corrected chi connectivity index (χ3v) is 5.31. The lowest BCUT2D eigenvalue weighted by Crippen LogP contribution is -2.40. The van der Waals surface area contributed by atoms with Gasteiger partial charge >= 0.3 is 0 Å². The summed E-state index contributed by atoms with van der Waals surface area (Å²) < 4.78 is 16.6. The summed E-state index contributed by atoms with van der Waals surface area (Å²) in [6.07, 6.45) is 1.63. The predicted octanol–water partition coefficient (Wildman–Crippen LogP) is 1.67. The van der Waals surface area contributed by atoms with Crippen molar-refractivity contribution in [1.29, 1.82) is 0 Å². The number of hydrogen-bond donors (Lipinski definition) is 1. The van der Waals surface area contributed by atoms with Gasteiger partial charge in [-0.15, -0.1) is 0 Å². The third kappa shape index (κ3) is 3.16. The number of nitrogens with two attached hydrogens (primary N) is 1. The van der Waals surface area contributed by atoms with Gasteiger partial charge in [-0.3, -0.25) is 14.4 Å². The molecule has 0 radical (unpaired) electrons. The number of imidazole rings is 1. The first kappa shape index (κ1) is 18.8. The number of aryl methyl sites for hydroxylation is 2. The van der Waals surface area contributed by atoms with Crippen LogP contribution in [0.4, 0.5) is 10.1 Å². The summed E-state index contributed by atoms with van der Waals surface area (Å²) in [5.74, 6) is -1.71. The first-order valence-electron chi connectivity index (χ1n) is 9.18. The molecule has 8 heteroatoms. The van der Waals surface area contributed by atoms with Crippen molar-refractivity contribution in [2.45, 2.75) is 32.9 Å². The average molecular weight is 395 g/mol. The zero-order valence-corrected chi connectivity index (χ0v) is 16.1. The summed E-state index contributed by atoms with van der Waals surface area (Å²) in [5.41, 5.74) is 9.26. The van der Waals surface area contributed by atoms with Crippen molar-refractivity contribution in [2.75, 3.05) is 4.90 Å². The van der Waals surface area contributed by atoms with Crippen molar-refractivity contribution in [3.63, 3.8) is 0 Å². The topological polar surface area (TPSA) is 89.3 Å². The lowest BCUT2D eigenvalue weighted by molar-refractivity contribution is -0.659. The van der Waals surface area contributed by atoms with E-state index in [1.165, 1.54) is 24.3 Å². The Balaban J connectivity index is 1.81. The van der Waals surface area contributed by atoms with Crippen LogP contribution in [0.15, 0.2) is 42.7 Å². The molecular formula is C21H20FN4O3+. The van der Waals surface area contributed by atoms with Gasteiger partial charge < -0.3 is 5.73 Å². The second-order valence-corrected chi connectivity index (χ2v) is 7.31. The molecule has 148 valence electrons. The number of carbonyl (C=O) groups is 3. The number of fused-ring (bicyclic) bond motifs is 1. The number of aromatic nitrogens is 2. The molecule has 4 rings (SSSR count). The molecule has 3 amide bonds. The van der Waals surface area contributed by atoms with Crippen LogP contribution in [-0.2, 0) is 20.9 Å². The maximum atomic E-state index is 13.2. The van der Waals surface area contributed by atoms with Gasteiger partial charge in [0.1, 0.15) is 5.82 Å². The van der Waals surface area contributed by atoms with E-state index in [9.17, 15) is 18.8 Å². The Labute approximate surface area is 166 Å². The van der Waals surface area contributed by atoms with Crippen LogP contribution in [-0.4, -0.2) is 22.3 Å². The number of nitrogens with zero attached hydrogens (tertiary/aromatic N) is 3. The number of primary amides is 1. The molecule has 29 heavy (non-hydrogen) atoms. The van der Waals surface area contributed by atoms with Crippen molar-refractivity contribution in [2.24, 2.45) is 5.73 Å². The average Bonchev–Trinajstić information content (AvgIpc) is 3.13. The highest BCUT2D eigenvalue weighted by molar-refractivity contribution is 6.21. The highest BCUT2D eigenvalue weighted by Gasteiger charge is 2.44. The molecule has 0 saturated carbocycles. The summed E-state index contributed by atoms with van der Waals surface area (Å²) >= 11 is 0. The molecule has 0 unspecified atom stereocenters. The third-order valence-electron chi connectivity index (χ3n) is 5.31. The molecule has 1 fully saturated rings. The number of anilines is 1.